The van der Waals surface area contributed by atoms with Crippen LogP contribution in [0.15, 0.2) is 60.8 Å². The Morgan fingerprint density at radius 2 is 1.86 bits per heavy atom. The molecule has 5 rings (SSSR count). The van der Waals surface area contributed by atoms with Gasteiger partial charge in [-0.1, -0.05) is 41.9 Å². The molecule has 2 heterocycles. The van der Waals surface area contributed by atoms with E-state index in [2.05, 4.69) is 21.7 Å². The van der Waals surface area contributed by atoms with Crippen LogP contribution in [0, 0.1) is 0 Å². The maximum absolute atomic E-state index is 12.5. The number of carbonyl (C=O) groups excluding carboxylic acids is 3. The molecule has 2 aliphatic heterocycles. The minimum Gasteiger partial charge on any atom is -0.494 e. The lowest BCUT2D eigenvalue weighted by Gasteiger charge is -2.36. The van der Waals surface area contributed by atoms with E-state index in [4.69, 9.17) is 27.9 Å². The number of rotatable bonds is 11. The number of carbonyl (C=O) groups is 3. The van der Waals surface area contributed by atoms with Crippen molar-refractivity contribution >= 4 is 46.5 Å². The summed E-state index contributed by atoms with van der Waals surface area (Å²) in [6, 6.07) is 11.7. The Kier molecular flexibility index (Phi) is 9.88. The number of unbranched alkanes of at least 4 members (excludes halogenated alkanes) is 1. The third kappa shape index (κ3) is 7.35. The highest BCUT2D eigenvalue weighted by atomic mass is 35.5. The first kappa shape index (κ1) is 30.1. The van der Waals surface area contributed by atoms with Crippen molar-refractivity contribution in [2.75, 3.05) is 57.3 Å². The van der Waals surface area contributed by atoms with Crippen LogP contribution >= 0.6 is 23.2 Å². The molecule has 10 heteroatoms. The van der Waals surface area contributed by atoms with Crippen molar-refractivity contribution in [3.63, 3.8) is 0 Å². The first-order chi connectivity index (χ1) is 20.3. The molecule has 0 bridgehead atoms. The number of Topliss-reactive ketones (excluding diaryl/α,β-unsaturated/α-hetero) is 1. The number of anilines is 1. The van der Waals surface area contributed by atoms with E-state index in [1.807, 2.05) is 36.4 Å². The summed E-state index contributed by atoms with van der Waals surface area (Å²) in [4.78, 5) is 42.9. The van der Waals surface area contributed by atoms with Gasteiger partial charge in [-0.3, -0.25) is 19.3 Å². The van der Waals surface area contributed by atoms with Crippen LogP contribution in [0.25, 0.3) is 0 Å². The van der Waals surface area contributed by atoms with E-state index < -0.39 is 0 Å². The Hall–Kier alpha value is -3.33. The number of allylic oxidation sites excluding steroid dienone is 1. The molecular formula is C32H36Cl2N4O4. The molecule has 8 nitrogen and oxygen atoms in total. The molecule has 42 heavy (non-hydrogen) atoms. The Morgan fingerprint density at radius 1 is 1.05 bits per heavy atom. The number of ketones is 1. The average Bonchev–Trinajstić information content (AvgIpc) is 3.29. The smallest absolute Gasteiger partial charge is 0.251 e. The minimum absolute atomic E-state index is 0.0843. The standard InChI is InChI=1S/C32H36Cl2N4O4/c1-22-7-10-31(41)38(22)21-30(40)35-20-24-18-25(39)17-23-19-26(8-9-27(23)24)42-16-3-2-11-36-12-14-37(15-13-36)29-6-4-5-28(33)32(29)34/h4-10,19,24H,1-3,11-18,20-21H2,(H,35,40). The molecule has 1 aliphatic carbocycles. The zero-order valence-corrected chi connectivity index (χ0v) is 25.1. The first-order valence-corrected chi connectivity index (χ1v) is 15.2. The van der Waals surface area contributed by atoms with Gasteiger partial charge in [0.15, 0.2) is 0 Å². The van der Waals surface area contributed by atoms with Crippen molar-refractivity contribution in [3.8, 4) is 5.75 Å². The lowest BCUT2D eigenvalue weighted by molar-refractivity contribution is -0.130. The third-order valence-corrected chi connectivity index (χ3v) is 8.88. The van der Waals surface area contributed by atoms with Crippen molar-refractivity contribution < 1.29 is 19.1 Å². The average molecular weight is 612 g/mol. The molecule has 1 unspecified atom stereocenters. The first-order valence-electron chi connectivity index (χ1n) is 14.4. The highest BCUT2D eigenvalue weighted by Gasteiger charge is 2.27. The van der Waals surface area contributed by atoms with Gasteiger partial charge in [0.2, 0.25) is 5.91 Å². The van der Waals surface area contributed by atoms with E-state index in [0.717, 1.165) is 68.1 Å². The van der Waals surface area contributed by atoms with Crippen molar-refractivity contribution in [2.45, 2.75) is 31.6 Å². The van der Waals surface area contributed by atoms with Crippen molar-refractivity contribution in [1.82, 2.24) is 15.1 Å². The molecule has 3 aliphatic rings. The van der Waals surface area contributed by atoms with Gasteiger partial charge in [-0.05, 0) is 60.9 Å². The SMILES string of the molecule is C=C1C=CC(=O)N1CC(=O)NCC1CC(=O)Cc2cc(OCCCCN3CCN(c4cccc(Cl)c4Cl)CC3)ccc21. The van der Waals surface area contributed by atoms with E-state index in [1.165, 1.54) is 11.0 Å². The molecular weight excluding hydrogens is 575 g/mol. The molecule has 222 valence electrons. The quantitative estimate of drug-likeness (QED) is 0.374. The molecule has 0 radical (unpaired) electrons. The molecule has 1 fully saturated rings. The Morgan fingerprint density at radius 3 is 2.62 bits per heavy atom. The summed E-state index contributed by atoms with van der Waals surface area (Å²) in [6.45, 7) is 9.45. The summed E-state index contributed by atoms with van der Waals surface area (Å²) >= 11 is 12.6. The third-order valence-electron chi connectivity index (χ3n) is 8.08. The van der Waals surface area contributed by atoms with Gasteiger partial charge in [-0.2, -0.15) is 0 Å². The highest BCUT2D eigenvalue weighted by molar-refractivity contribution is 6.43. The summed E-state index contributed by atoms with van der Waals surface area (Å²) < 4.78 is 6.04. The van der Waals surface area contributed by atoms with Gasteiger partial charge in [0.25, 0.3) is 5.91 Å². The van der Waals surface area contributed by atoms with Gasteiger partial charge in [0.05, 0.1) is 22.3 Å². The molecule has 2 aromatic rings. The number of fused-ring (bicyclic) bond motifs is 1. The number of piperazine rings is 1. The zero-order valence-electron chi connectivity index (χ0n) is 23.6. The number of benzene rings is 2. The zero-order chi connectivity index (χ0) is 29.6. The number of halogens is 2. The number of nitrogens with zero attached hydrogens (tertiary/aromatic N) is 3. The fourth-order valence-corrected chi connectivity index (χ4v) is 6.17. The van der Waals surface area contributed by atoms with Gasteiger partial charge in [0.1, 0.15) is 18.1 Å². The topological polar surface area (TPSA) is 82.2 Å². The van der Waals surface area contributed by atoms with Crippen LogP contribution < -0.4 is 15.0 Å². The lowest BCUT2D eigenvalue weighted by atomic mass is 9.82. The van der Waals surface area contributed by atoms with Crippen LogP contribution in [0.4, 0.5) is 5.69 Å². The highest BCUT2D eigenvalue weighted by Crippen LogP contribution is 2.34. The molecule has 1 saturated heterocycles. The second-order valence-electron chi connectivity index (χ2n) is 11.0. The Bertz CT molecular complexity index is 1370. The minimum atomic E-state index is -0.278. The molecule has 0 saturated carbocycles. The molecule has 0 aromatic heterocycles. The maximum atomic E-state index is 12.5. The van der Waals surface area contributed by atoms with Crippen molar-refractivity contribution in [1.29, 1.82) is 0 Å². The number of nitrogens with one attached hydrogen (secondary N) is 1. The lowest BCUT2D eigenvalue weighted by Crippen LogP contribution is -2.46. The van der Waals surface area contributed by atoms with E-state index in [9.17, 15) is 14.4 Å². The monoisotopic (exact) mass is 610 g/mol. The van der Waals surface area contributed by atoms with Crippen molar-refractivity contribution in [2.24, 2.45) is 0 Å². The fraction of sp³-hybridized carbons (Fsp3) is 0.406. The van der Waals surface area contributed by atoms with Crippen LogP contribution in [0.2, 0.25) is 10.0 Å². The van der Waals surface area contributed by atoms with Crippen molar-refractivity contribution in [3.05, 3.63) is 82.0 Å². The normalized spacial score (nSPS) is 18.9. The number of hydrogen-bond acceptors (Lipinski definition) is 6. The van der Waals surface area contributed by atoms with Crippen LogP contribution in [0.5, 0.6) is 5.75 Å². The van der Waals surface area contributed by atoms with E-state index in [1.54, 1.807) is 6.08 Å². The maximum Gasteiger partial charge on any atom is 0.251 e. The largest absolute Gasteiger partial charge is 0.494 e. The molecule has 2 amide bonds. The second-order valence-corrected chi connectivity index (χ2v) is 11.8. The van der Waals surface area contributed by atoms with E-state index in [-0.39, 0.29) is 30.1 Å². The van der Waals surface area contributed by atoms with Crippen LogP contribution in [0.3, 0.4) is 0 Å². The van der Waals surface area contributed by atoms with Gasteiger partial charge in [-0.25, -0.2) is 0 Å². The molecule has 1 atom stereocenters. The second kappa shape index (κ2) is 13.8. The Balaban J connectivity index is 1.03. The Labute approximate surface area is 256 Å². The summed E-state index contributed by atoms with van der Waals surface area (Å²) in [5, 5.41) is 4.09. The number of hydrogen-bond donors (Lipinski definition) is 1. The van der Waals surface area contributed by atoms with Gasteiger partial charge >= 0.3 is 0 Å². The summed E-state index contributed by atoms with van der Waals surface area (Å²) in [5.74, 6) is 0.269. The van der Waals surface area contributed by atoms with E-state index >= 15 is 0 Å². The fourth-order valence-electron chi connectivity index (χ4n) is 5.76. The molecule has 0 spiro atoms. The summed E-state index contributed by atoms with van der Waals surface area (Å²) in [7, 11) is 0. The number of amides is 2. The predicted octanol–water partition coefficient (Wildman–Crippen LogP) is 4.60. The van der Waals surface area contributed by atoms with Gasteiger partial charge < -0.3 is 19.9 Å². The van der Waals surface area contributed by atoms with Crippen LogP contribution in [-0.4, -0.2) is 79.8 Å². The van der Waals surface area contributed by atoms with Crippen LogP contribution in [-0.2, 0) is 20.8 Å². The summed E-state index contributed by atoms with van der Waals surface area (Å²) in [5.41, 5.74) is 3.51. The number of ether oxygens (including phenoxy) is 1. The van der Waals surface area contributed by atoms with Gasteiger partial charge in [-0.15, -0.1) is 0 Å². The summed E-state index contributed by atoms with van der Waals surface area (Å²) in [6.07, 6.45) is 5.71. The molecule has 2 aromatic carbocycles. The molecule has 1 N–H and O–H groups in total. The van der Waals surface area contributed by atoms with Gasteiger partial charge in [0, 0.05) is 63.3 Å². The van der Waals surface area contributed by atoms with E-state index in [0.29, 0.717) is 41.7 Å². The predicted molar refractivity (Wildman–Crippen MR) is 165 cm³/mol. The van der Waals surface area contributed by atoms with Crippen LogP contribution in [0.1, 0.15) is 36.3 Å².